The third-order valence-corrected chi connectivity index (χ3v) is 6.57. The zero-order valence-electron chi connectivity index (χ0n) is 18.2. The van der Waals surface area contributed by atoms with Gasteiger partial charge in [-0.2, -0.15) is 0 Å². The molecule has 0 N–H and O–H groups in total. The monoisotopic (exact) mass is 418 g/mol. The molecule has 162 valence electrons. The van der Waals surface area contributed by atoms with Crippen molar-refractivity contribution in [1.29, 1.82) is 0 Å². The molecule has 2 saturated heterocycles. The largest absolute Gasteiger partial charge is 0.337 e. The third-order valence-electron chi connectivity index (χ3n) is 6.57. The number of hydrogen-bond acceptors (Lipinski definition) is 5. The number of carbonyl (C=O) groups excluding carboxylic acids is 1. The van der Waals surface area contributed by atoms with E-state index in [9.17, 15) is 4.79 Å². The third kappa shape index (κ3) is 4.34. The fourth-order valence-electron chi connectivity index (χ4n) is 4.77. The molecule has 1 amide bonds. The van der Waals surface area contributed by atoms with Crippen molar-refractivity contribution in [3.8, 4) is 0 Å². The maximum absolute atomic E-state index is 13.2. The van der Waals surface area contributed by atoms with Crippen LogP contribution in [-0.2, 0) is 6.54 Å². The molecule has 0 saturated carbocycles. The molecule has 7 heteroatoms. The van der Waals surface area contributed by atoms with E-state index in [2.05, 4.69) is 57.4 Å². The summed E-state index contributed by atoms with van der Waals surface area (Å²) < 4.78 is 2.04. The van der Waals surface area contributed by atoms with Crippen LogP contribution < -0.4 is 0 Å². The second kappa shape index (κ2) is 8.77. The van der Waals surface area contributed by atoms with Crippen LogP contribution in [0.5, 0.6) is 0 Å². The Morgan fingerprint density at radius 1 is 1.00 bits per heavy atom. The van der Waals surface area contributed by atoms with Gasteiger partial charge in [-0.3, -0.25) is 14.1 Å². The highest BCUT2D eigenvalue weighted by molar-refractivity contribution is 5.94. The van der Waals surface area contributed by atoms with E-state index >= 15 is 0 Å². The van der Waals surface area contributed by atoms with Crippen molar-refractivity contribution in [2.24, 2.45) is 0 Å². The van der Waals surface area contributed by atoms with Crippen molar-refractivity contribution in [3.63, 3.8) is 0 Å². The summed E-state index contributed by atoms with van der Waals surface area (Å²) in [6, 6.07) is 14.4. The van der Waals surface area contributed by atoms with E-state index in [4.69, 9.17) is 0 Å². The molecule has 4 heterocycles. The van der Waals surface area contributed by atoms with Crippen molar-refractivity contribution in [2.75, 3.05) is 46.3 Å². The highest BCUT2D eigenvalue weighted by Gasteiger charge is 2.28. The first-order chi connectivity index (χ1) is 15.2. The fraction of sp³-hybridized carbons (Fsp3) is 0.458. The first-order valence-corrected chi connectivity index (χ1v) is 11.3. The number of hydrogen-bond donors (Lipinski definition) is 0. The lowest BCUT2D eigenvalue weighted by molar-refractivity contribution is 0.0762. The Labute approximate surface area is 183 Å². The summed E-state index contributed by atoms with van der Waals surface area (Å²) in [7, 11) is 2.12. The lowest BCUT2D eigenvalue weighted by atomic mass is 10.1. The minimum Gasteiger partial charge on any atom is -0.337 e. The summed E-state index contributed by atoms with van der Waals surface area (Å²) in [4.78, 5) is 19.9. The molecule has 5 rings (SSSR count). The number of pyridine rings is 1. The molecule has 2 aliphatic rings. The molecule has 0 radical (unpaired) electrons. The molecule has 1 aromatic carbocycles. The van der Waals surface area contributed by atoms with Crippen molar-refractivity contribution in [1.82, 2.24) is 29.3 Å². The number of likely N-dealkylation sites (N-methyl/N-ethyl adjacent to an activating group) is 1. The quantitative estimate of drug-likeness (QED) is 0.652. The van der Waals surface area contributed by atoms with Gasteiger partial charge in [-0.1, -0.05) is 30.3 Å². The predicted molar refractivity (Wildman–Crippen MR) is 120 cm³/mol. The normalized spacial score (nSPS) is 20.9. The van der Waals surface area contributed by atoms with Crippen LogP contribution in [0.2, 0.25) is 0 Å². The van der Waals surface area contributed by atoms with Crippen LogP contribution in [0, 0.1) is 0 Å². The van der Waals surface area contributed by atoms with Crippen LogP contribution in [-0.4, -0.2) is 81.5 Å². The first-order valence-electron chi connectivity index (χ1n) is 11.3. The molecule has 2 aromatic heterocycles. The molecule has 7 nitrogen and oxygen atoms in total. The Morgan fingerprint density at radius 2 is 1.87 bits per heavy atom. The van der Waals surface area contributed by atoms with Gasteiger partial charge in [-0.05, 0) is 50.7 Å². The second-order valence-corrected chi connectivity index (χ2v) is 8.86. The van der Waals surface area contributed by atoms with Crippen molar-refractivity contribution >= 4 is 11.6 Å². The van der Waals surface area contributed by atoms with E-state index < -0.39 is 0 Å². The lowest BCUT2D eigenvalue weighted by Crippen LogP contribution is -2.34. The fourth-order valence-corrected chi connectivity index (χ4v) is 4.77. The van der Waals surface area contributed by atoms with Gasteiger partial charge < -0.3 is 9.80 Å². The number of amides is 1. The van der Waals surface area contributed by atoms with Crippen LogP contribution in [0.1, 0.15) is 40.5 Å². The maximum Gasteiger partial charge on any atom is 0.255 e. The number of nitrogens with zero attached hydrogens (tertiary/aromatic N) is 6. The SMILES string of the molecule is CN1CCCN(C(=O)c2ccc3nnc([C@@H]4CCN(Cc5ccccc5)C4)n3c2)CC1. The highest BCUT2D eigenvalue weighted by atomic mass is 16.2. The smallest absolute Gasteiger partial charge is 0.255 e. The minimum atomic E-state index is 0.106. The van der Waals surface area contributed by atoms with Gasteiger partial charge in [0.25, 0.3) is 5.91 Å². The molecule has 0 aliphatic carbocycles. The summed E-state index contributed by atoms with van der Waals surface area (Å²) in [6.07, 6.45) is 4.02. The van der Waals surface area contributed by atoms with E-state index in [0.717, 1.165) is 75.7 Å². The number of carbonyl (C=O) groups is 1. The molecule has 0 unspecified atom stereocenters. The molecule has 2 fully saturated rings. The van der Waals surface area contributed by atoms with E-state index in [1.807, 2.05) is 27.6 Å². The maximum atomic E-state index is 13.2. The van der Waals surface area contributed by atoms with Gasteiger partial charge in [-0.15, -0.1) is 10.2 Å². The summed E-state index contributed by atoms with van der Waals surface area (Å²) in [5.74, 6) is 1.40. The molecule has 2 aliphatic heterocycles. The molecule has 0 bridgehead atoms. The van der Waals surface area contributed by atoms with Crippen LogP contribution in [0.15, 0.2) is 48.7 Å². The average molecular weight is 419 g/mol. The van der Waals surface area contributed by atoms with Crippen molar-refractivity contribution in [2.45, 2.75) is 25.3 Å². The minimum absolute atomic E-state index is 0.106. The second-order valence-electron chi connectivity index (χ2n) is 8.86. The Morgan fingerprint density at radius 3 is 2.74 bits per heavy atom. The van der Waals surface area contributed by atoms with Gasteiger partial charge in [0, 0.05) is 44.8 Å². The lowest BCUT2D eigenvalue weighted by Gasteiger charge is -2.20. The predicted octanol–water partition coefficient (Wildman–Crippen LogP) is 2.50. The summed E-state index contributed by atoms with van der Waals surface area (Å²) in [6.45, 7) is 6.53. The number of rotatable bonds is 4. The average Bonchev–Trinajstić information content (AvgIpc) is 3.36. The molecule has 3 aromatic rings. The van der Waals surface area contributed by atoms with E-state index in [-0.39, 0.29) is 5.91 Å². The summed E-state index contributed by atoms with van der Waals surface area (Å²) >= 11 is 0. The molecular weight excluding hydrogens is 388 g/mol. The topological polar surface area (TPSA) is 57.0 Å². The Bertz CT molecular complexity index is 1050. The Balaban J connectivity index is 1.33. The van der Waals surface area contributed by atoms with Crippen LogP contribution in [0.3, 0.4) is 0 Å². The standard InChI is InChI=1S/C24H30N6O/c1-27-11-5-12-29(15-14-27)24(31)21-8-9-22-25-26-23(30(22)18-21)20-10-13-28(17-20)16-19-6-3-2-4-7-19/h2-4,6-9,18,20H,5,10-17H2,1H3/t20-/m1/s1. The van der Waals surface area contributed by atoms with E-state index in [0.29, 0.717) is 5.92 Å². The number of aromatic nitrogens is 3. The highest BCUT2D eigenvalue weighted by Crippen LogP contribution is 2.27. The van der Waals surface area contributed by atoms with Gasteiger partial charge in [0.05, 0.1) is 5.56 Å². The van der Waals surface area contributed by atoms with Gasteiger partial charge in [0.15, 0.2) is 5.65 Å². The van der Waals surface area contributed by atoms with Crippen molar-refractivity contribution < 1.29 is 4.79 Å². The zero-order valence-corrected chi connectivity index (χ0v) is 18.2. The van der Waals surface area contributed by atoms with Gasteiger partial charge in [0.2, 0.25) is 0 Å². The summed E-state index contributed by atoms with van der Waals surface area (Å²) in [5, 5.41) is 8.88. The number of likely N-dealkylation sites (tertiary alicyclic amines) is 1. The van der Waals surface area contributed by atoms with Crippen LogP contribution >= 0.6 is 0 Å². The van der Waals surface area contributed by atoms with Gasteiger partial charge >= 0.3 is 0 Å². The van der Waals surface area contributed by atoms with Gasteiger partial charge in [-0.25, -0.2) is 0 Å². The van der Waals surface area contributed by atoms with E-state index in [1.165, 1.54) is 5.56 Å². The van der Waals surface area contributed by atoms with E-state index in [1.54, 1.807) is 0 Å². The molecule has 31 heavy (non-hydrogen) atoms. The number of benzene rings is 1. The Hall–Kier alpha value is -2.77. The van der Waals surface area contributed by atoms with Crippen LogP contribution in [0.4, 0.5) is 0 Å². The van der Waals surface area contributed by atoms with Crippen LogP contribution in [0.25, 0.3) is 5.65 Å². The zero-order chi connectivity index (χ0) is 21.2. The molecule has 1 atom stereocenters. The summed E-state index contributed by atoms with van der Waals surface area (Å²) in [5.41, 5.74) is 2.87. The molecular formula is C24H30N6O. The van der Waals surface area contributed by atoms with Gasteiger partial charge in [0.1, 0.15) is 5.82 Å². The first kappa shape index (κ1) is 20.2. The molecule has 0 spiro atoms. The Kier molecular flexibility index (Phi) is 5.70. The number of fused-ring (bicyclic) bond motifs is 1. The van der Waals surface area contributed by atoms with Crippen molar-refractivity contribution in [3.05, 3.63) is 65.6 Å².